The smallest absolute Gasteiger partial charge is 0.240 e. The molecule has 7 nitrogen and oxygen atoms in total. The molecule has 0 aliphatic heterocycles. The Morgan fingerprint density at radius 1 is 0.966 bits per heavy atom. The Hall–Kier alpha value is -2.82. The average Bonchev–Trinajstić information content (AvgIpc) is 2.67. The van der Waals surface area contributed by atoms with Gasteiger partial charge in [-0.3, -0.25) is 0 Å². The van der Waals surface area contributed by atoms with Crippen molar-refractivity contribution in [1.82, 2.24) is 9.71 Å². The molecule has 0 amide bonds. The van der Waals surface area contributed by atoms with Gasteiger partial charge < -0.3 is 4.74 Å². The quantitative estimate of drug-likeness (QED) is 0.611. The highest BCUT2D eigenvalue weighted by Crippen LogP contribution is 2.24. The highest BCUT2D eigenvalue weighted by atomic mass is 32.2. The maximum atomic E-state index is 13.3. The molecule has 0 fully saturated rings. The van der Waals surface area contributed by atoms with E-state index < -0.39 is 25.7 Å². The third kappa shape index (κ3) is 5.37. The van der Waals surface area contributed by atoms with E-state index in [0.717, 1.165) is 12.3 Å². The van der Waals surface area contributed by atoms with Gasteiger partial charge in [0.05, 0.1) is 9.79 Å². The van der Waals surface area contributed by atoms with Gasteiger partial charge in [0.1, 0.15) is 11.6 Å². The number of halogens is 1. The van der Waals surface area contributed by atoms with Crippen molar-refractivity contribution in [3.05, 3.63) is 78.2 Å². The summed E-state index contributed by atoms with van der Waals surface area (Å²) in [4.78, 5) is 3.78. The highest BCUT2D eigenvalue weighted by Gasteiger charge is 2.18. The number of pyridine rings is 1. The van der Waals surface area contributed by atoms with Crippen LogP contribution in [0.15, 0.2) is 76.7 Å². The summed E-state index contributed by atoms with van der Waals surface area (Å²) in [5.74, 6) is -0.147. The molecule has 0 aliphatic carbocycles. The predicted molar refractivity (Wildman–Crippen MR) is 104 cm³/mol. The van der Waals surface area contributed by atoms with Crippen LogP contribution in [0.4, 0.5) is 4.39 Å². The lowest BCUT2D eigenvalue weighted by atomic mass is 10.3. The van der Waals surface area contributed by atoms with Gasteiger partial charge in [-0.2, -0.15) is 0 Å². The van der Waals surface area contributed by atoms with Crippen molar-refractivity contribution in [1.29, 1.82) is 0 Å². The Morgan fingerprint density at radius 2 is 1.69 bits per heavy atom. The molecular formula is C19H17FN2O5S2. The van der Waals surface area contributed by atoms with Crippen molar-refractivity contribution in [3.63, 3.8) is 0 Å². The Morgan fingerprint density at radius 3 is 2.41 bits per heavy atom. The van der Waals surface area contributed by atoms with Crippen LogP contribution in [0.1, 0.15) is 5.56 Å². The van der Waals surface area contributed by atoms with Crippen molar-refractivity contribution >= 4 is 19.9 Å². The van der Waals surface area contributed by atoms with Crippen LogP contribution in [0.2, 0.25) is 0 Å². The summed E-state index contributed by atoms with van der Waals surface area (Å²) in [5, 5.41) is 0. The van der Waals surface area contributed by atoms with Crippen LogP contribution in [0.5, 0.6) is 11.6 Å². The van der Waals surface area contributed by atoms with E-state index in [4.69, 9.17) is 4.74 Å². The number of sulfone groups is 1. The minimum Gasteiger partial charge on any atom is -0.439 e. The topological polar surface area (TPSA) is 102 Å². The van der Waals surface area contributed by atoms with E-state index in [1.807, 2.05) is 0 Å². The van der Waals surface area contributed by atoms with Gasteiger partial charge in [-0.15, -0.1) is 0 Å². The summed E-state index contributed by atoms with van der Waals surface area (Å²) in [6.45, 7) is -0.163. The predicted octanol–water partition coefficient (Wildman–Crippen LogP) is 2.90. The third-order valence-electron chi connectivity index (χ3n) is 3.86. The minimum absolute atomic E-state index is 0.100. The van der Waals surface area contributed by atoms with E-state index >= 15 is 0 Å². The molecule has 2 aromatic carbocycles. The molecule has 0 unspecified atom stereocenters. The normalized spacial score (nSPS) is 11.9. The third-order valence-corrected chi connectivity index (χ3v) is 6.37. The molecule has 1 aromatic heterocycles. The van der Waals surface area contributed by atoms with Gasteiger partial charge in [-0.05, 0) is 36.4 Å². The summed E-state index contributed by atoms with van der Waals surface area (Å²) < 4.78 is 69.8. The molecule has 152 valence electrons. The number of sulfonamides is 1. The fourth-order valence-corrected chi connectivity index (χ4v) is 4.21. The number of nitrogens with zero attached hydrogens (tertiary/aromatic N) is 1. The molecule has 3 aromatic rings. The van der Waals surface area contributed by atoms with E-state index in [1.165, 1.54) is 42.6 Å². The first-order valence-corrected chi connectivity index (χ1v) is 11.7. The van der Waals surface area contributed by atoms with Gasteiger partial charge in [0.25, 0.3) is 0 Å². The molecule has 0 atom stereocenters. The fourth-order valence-electron chi connectivity index (χ4n) is 2.42. The number of ether oxygens (including phenoxy) is 1. The second kappa shape index (κ2) is 8.27. The summed E-state index contributed by atoms with van der Waals surface area (Å²) in [7, 11) is -7.55. The lowest BCUT2D eigenvalue weighted by molar-refractivity contribution is 0.451. The monoisotopic (exact) mass is 436 g/mol. The van der Waals surface area contributed by atoms with Crippen LogP contribution in [-0.4, -0.2) is 28.1 Å². The van der Waals surface area contributed by atoms with Crippen LogP contribution >= 0.6 is 0 Å². The number of hydrogen-bond acceptors (Lipinski definition) is 6. The Labute approximate surface area is 168 Å². The molecule has 29 heavy (non-hydrogen) atoms. The molecule has 1 N–H and O–H groups in total. The van der Waals surface area contributed by atoms with Crippen LogP contribution in [-0.2, 0) is 26.4 Å². The fraction of sp³-hybridized carbons (Fsp3) is 0.105. The standard InChI is InChI=1S/C19H17FN2O5S2/c1-28(23,24)17-8-3-9-18(12-17)29(25,26)22-13-14-5-4-10-21-19(14)27-16-7-2-6-15(20)11-16/h2-12,22H,13H2,1H3. The first-order chi connectivity index (χ1) is 13.6. The zero-order valence-corrected chi connectivity index (χ0v) is 16.9. The van der Waals surface area contributed by atoms with Gasteiger partial charge in [0.2, 0.25) is 15.9 Å². The van der Waals surface area contributed by atoms with Gasteiger partial charge in [-0.1, -0.05) is 18.2 Å². The van der Waals surface area contributed by atoms with Gasteiger partial charge >= 0.3 is 0 Å². The first kappa shape index (κ1) is 20.9. The lowest BCUT2D eigenvalue weighted by Gasteiger charge is -2.11. The van der Waals surface area contributed by atoms with Gasteiger partial charge in [0.15, 0.2) is 9.84 Å². The molecule has 3 rings (SSSR count). The molecule has 0 bridgehead atoms. The zero-order chi connectivity index (χ0) is 21.1. The summed E-state index contributed by atoms with van der Waals surface area (Å²) in [6.07, 6.45) is 2.46. The number of hydrogen-bond donors (Lipinski definition) is 1. The number of nitrogens with one attached hydrogen (secondary N) is 1. The zero-order valence-electron chi connectivity index (χ0n) is 15.2. The van der Waals surface area contributed by atoms with Crippen molar-refractivity contribution in [2.45, 2.75) is 16.3 Å². The Kier molecular flexibility index (Phi) is 5.96. The molecular weight excluding hydrogens is 419 g/mol. The molecule has 0 radical (unpaired) electrons. The van der Waals surface area contributed by atoms with Crippen molar-refractivity contribution in [2.24, 2.45) is 0 Å². The van der Waals surface area contributed by atoms with Crippen LogP contribution in [0, 0.1) is 5.82 Å². The highest BCUT2D eigenvalue weighted by molar-refractivity contribution is 7.91. The lowest BCUT2D eigenvalue weighted by Crippen LogP contribution is -2.23. The number of benzene rings is 2. The minimum atomic E-state index is -4.00. The molecule has 0 saturated heterocycles. The number of aromatic nitrogens is 1. The molecule has 0 aliphatic rings. The maximum Gasteiger partial charge on any atom is 0.240 e. The van der Waals surface area contributed by atoms with Gasteiger partial charge in [-0.25, -0.2) is 30.9 Å². The Bertz CT molecular complexity index is 1240. The molecule has 1 heterocycles. The van der Waals surface area contributed by atoms with Crippen LogP contribution in [0.3, 0.4) is 0 Å². The second-order valence-corrected chi connectivity index (χ2v) is 9.88. The van der Waals surface area contributed by atoms with Gasteiger partial charge in [0, 0.05) is 30.6 Å². The van der Waals surface area contributed by atoms with E-state index in [9.17, 15) is 21.2 Å². The van der Waals surface area contributed by atoms with E-state index in [1.54, 1.807) is 18.2 Å². The summed E-state index contributed by atoms with van der Waals surface area (Å²) >= 11 is 0. The Balaban J connectivity index is 1.81. The summed E-state index contributed by atoms with van der Waals surface area (Å²) in [6, 6.07) is 13.7. The van der Waals surface area contributed by atoms with E-state index in [-0.39, 0.29) is 28.0 Å². The number of rotatable bonds is 7. The molecule has 10 heteroatoms. The van der Waals surface area contributed by atoms with Crippen LogP contribution < -0.4 is 9.46 Å². The van der Waals surface area contributed by atoms with Crippen molar-refractivity contribution in [3.8, 4) is 11.6 Å². The molecule has 0 saturated carbocycles. The first-order valence-electron chi connectivity index (χ1n) is 8.32. The second-order valence-electron chi connectivity index (χ2n) is 6.10. The molecule has 0 spiro atoms. The SMILES string of the molecule is CS(=O)(=O)c1cccc(S(=O)(=O)NCc2cccnc2Oc2cccc(F)c2)c1. The van der Waals surface area contributed by atoms with Crippen LogP contribution in [0.25, 0.3) is 0 Å². The van der Waals surface area contributed by atoms with Crippen molar-refractivity contribution in [2.75, 3.05) is 6.26 Å². The largest absolute Gasteiger partial charge is 0.439 e. The van der Waals surface area contributed by atoms with E-state index in [2.05, 4.69) is 9.71 Å². The van der Waals surface area contributed by atoms with Crippen molar-refractivity contribution < 1.29 is 26.0 Å². The maximum absolute atomic E-state index is 13.3. The average molecular weight is 436 g/mol. The summed E-state index contributed by atoms with van der Waals surface area (Å²) in [5.41, 5.74) is 0.416. The van der Waals surface area contributed by atoms with E-state index in [0.29, 0.717) is 5.56 Å².